The van der Waals surface area contributed by atoms with E-state index in [1.54, 1.807) is 20.8 Å². The fourth-order valence-corrected chi connectivity index (χ4v) is 1.25. The zero-order valence-electron chi connectivity index (χ0n) is 16.2. The molecule has 112 valence electrons. The minimum Gasteiger partial charge on any atom is -0.437 e. The van der Waals surface area contributed by atoms with E-state index >= 15 is 0 Å². The van der Waals surface area contributed by atoms with Gasteiger partial charge in [0.25, 0.3) is 0 Å². The van der Waals surface area contributed by atoms with Crippen molar-refractivity contribution in [3.05, 3.63) is 0 Å². The number of rotatable bonds is 1. The third-order valence-corrected chi connectivity index (χ3v) is 2.45. The van der Waals surface area contributed by atoms with Gasteiger partial charge in [-0.3, -0.25) is 4.90 Å². The quantitative estimate of drug-likeness (QED) is 0.743. The van der Waals surface area contributed by atoms with Crippen LogP contribution in [0.5, 0.6) is 0 Å². The van der Waals surface area contributed by atoms with E-state index in [0.29, 0.717) is 6.92 Å². The Morgan fingerprint density at radius 2 is 1.95 bits per heavy atom. The second-order valence-electron chi connectivity index (χ2n) is 5.05. The van der Waals surface area contributed by atoms with Gasteiger partial charge in [0.2, 0.25) is 0 Å². The van der Waals surface area contributed by atoms with Crippen molar-refractivity contribution in [2.45, 2.75) is 45.5 Å². The summed E-state index contributed by atoms with van der Waals surface area (Å²) in [6.07, 6.45) is -10.4. The molecule has 1 heterocycles. The summed E-state index contributed by atoms with van der Waals surface area (Å²) < 4.78 is 81.0. The molecule has 4 nitrogen and oxygen atoms in total. The van der Waals surface area contributed by atoms with E-state index in [4.69, 9.17) is 6.85 Å². The van der Waals surface area contributed by atoms with Crippen LogP contribution in [-0.2, 0) is 4.74 Å². The molecular formula is C12H21F3N2O2. The molecule has 1 rings (SSSR count). The molecule has 19 heavy (non-hydrogen) atoms. The molecular weight excluding hydrogens is 261 g/mol. The average Bonchev–Trinajstić information content (AvgIpc) is 2.30. The van der Waals surface area contributed by atoms with Gasteiger partial charge in [-0.1, -0.05) is 0 Å². The van der Waals surface area contributed by atoms with Crippen LogP contribution in [0.25, 0.3) is 0 Å². The zero-order chi connectivity index (χ0) is 19.3. The molecule has 0 aromatic heterocycles. The number of halogens is 3. The van der Waals surface area contributed by atoms with Crippen LogP contribution in [0.2, 0.25) is 0 Å². The standard InChI is InChI=1S/C12H21F3N2O2/c1-9(12(13,14)15)19-10(18)16-5-7-17(8-6-16)11(2,3)4/h9H,5-8H2,1-4H3/i5D2,7D,8D,9D. The summed E-state index contributed by atoms with van der Waals surface area (Å²) in [5.41, 5.74) is -0.766. The van der Waals surface area contributed by atoms with Gasteiger partial charge in [-0.25, -0.2) is 4.79 Å². The number of alkyl halides is 3. The highest BCUT2D eigenvalue weighted by atomic mass is 19.4. The second kappa shape index (κ2) is 5.56. The molecule has 3 unspecified atom stereocenters. The van der Waals surface area contributed by atoms with Gasteiger partial charge in [0.05, 0.1) is 4.11 Å². The molecule has 0 aliphatic carbocycles. The number of hydrogen-bond donors (Lipinski definition) is 0. The Hall–Kier alpha value is -0.980. The molecule has 0 radical (unpaired) electrons. The van der Waals surface area contributed by atoms with Crippen LogP contribution >= 0.6 is 0 Å². The summed E-state index contributed by atoms with van der Waals surface area (Å²) in [6.45, 7) is -0.922. The summed E-state index contributed by atoms with van der Waals surface area (Å²) in [4.78, 5) is 13.5. The van der Waals surface area contributed by atoms with Gasteiger partial charge < -0.3 is 9.64 Å². The van der Waals surface area contributed by atoms with Crippen molar-refractivity contribution >= 4 is 6.09 Å². The van der Waals surface area contributed by atoms with Crippen molar-refractivity contribution < 1.29 is 29.6 Å². The summed E-state index contributed by atoms with van der Waals surface area (Å²) in [5.74, 6) is 0. The van der Waals surface area contributed by atoms with Gasteiger partial charge in [-0.05, 0) is 27.7 Å². The van der Waals surface area contributed by atoms with Crippen LogP contribution in [0.15, 0.2) is 0 Å². The summed E-state index contributed by atoms with van der Waals surface area (Å²) in [7, 11) is 0. The first-order valence-electron chi connectivity index (χ1n) is 8.28. The number of nitrogens with zero attached hydrogens (tertiary/aromatic N) is 2. The van der Waals surface area contributed by atoms with Gasteiger partial charge in [0.15, 0.2) is 6.08 Å². The maximum Gasteiger partial charge on any atom is 0.425 e. The van der Waals surface area contributed by atoms with E-state index < -0.39 is 50.0 Å². The molecule has 0 bridgehead atoms. The highest BCUT2D eigenvalue weighted by Crippen LogP contribution is 2.23. The van der Waals surface area contributed by atoms with Gasteiger partial charge >= 0.3 is 12.3 Å². The predicted octanol–water partition coefficient (Wildman–Crippen LogP) is 2.49. The molecule has 1 fully saturated rings. The van der Waals surface area contributed by atoms with E-state index in [0.717, 1.165) is 0 Å². The topological polar surface area (TPSA) is 32.8 Å². The number of carbonyl (C=O) groups is 1. The molecule has 0 aromatic rings. The fraction of sp³-hybridized carbons (Fsp3) is 0.917. The van der Waals surface area contributed by atoms with Crippen LogP contribution < -0.4 is 0 Å². The van der Waals surface area contributed by atoms with Crippen molar-refractivity contribution in [2.24, 2.45) is 0 Å². The maximum absolute atomic E-state index is 12.7. The number of amides is 1. The Labute approximate surface area is 118 Å². The SMILES string of the molecule is [2H]C1CN(C(=O)OC([2H])(C)C(F)(F)F)C([2H])([2H])C([2H])N1C(C)(C)C. The van der Waals surface area contributed by atoms with Gasteiger partial charge in [-0.15, -0.1) is 0 Å². The lowest BCUT2D eigenvalue weighted by molar-refractivity contribution is -0.200. The van der Waals surface area contributed by atoms with E-state index in [2.05, 4.69) is 4.74 Å². The monoisotopic (exact) mass is 287 g/mol. The Morgan fingerprint density at radius 3 is 2.42 bits per heavy atom. The highest BCUT2D eigenvalue weighted by molar-refractivity contribution is 5.68. The molecule has 3 atom stereocenters. The second-order valence-corrected chi connectivity index (χ2v) is 5.05. The molecule has 1 aliphatic rings. The Morgan fingerprint density at radius 1 is 1.37 bits per heavy atom. The first-order valence-corrected chi connectivity index (χ1v) is 5.63. The minimum atomic E-state index is -5.16. The van der Waals surface area contributed by atoms with Crippen molar-refractivity contribution in [1.82, 2.24) is 9.80 Å². The van der Waals surface area contributed by atoms with Crippen molar-refractivity contribution in [3.8, 4) is 0 Å². The summed E-state index contributed by atoms with van der Waals surface area (Å²) in [6, 6.07) is 0. The van der Waals surface area contributed by atoms with E-state index in [1.807, 2.05) is 0 Å². The van der Waals surface area contributed by atoms with Crippen LogP contribution in [0, 0.1) is 0 Å². The molecule has 0 N–H and O–H groups in total. The lowest BCUT2D eigenvalue weighted by Gasteiger charge is -2.42. The van der Waals surface area contributed by atoms with E-state index in [-0.39, 0.29) is 4.90 Å². The van der Waals surface area contributed by atoms with Crippen molar-refractivity contribution in [3.63, 3.8) is 0 Å². The van der Waals surface area contributed by atoms with Crippen LogP contribution in [0.3, 0.4) is 0 Å². The molecule has 1 aliphatic heterocycles. The average molecular weight is 287 g/mol. The molecule has 1 saturated heterocycles. The molecule has 0 saturated carbocycles. The van der Waals surface area contributed by atoms with Gasteiger partial charge in [-0.2, -0.15) is 13.2 Å². The molecule has 1 amide bonds. The van der Waals surface area contributed by atoms with Crippen molar-refractivity contribution in [1.29, 1.82) is 0 Å². The van der Waals surface area contributed by atoms with Crippen LogP contribution in [0.1, 0.15) is 34.5 Å². The first kappa shape index (κ1) is 9.85. The fourth-order valence-electron chi connectivity index (χ4n) is 1.25. The minimum absolute atomic E-state index is 0.267. The first-order chi connectivity index (χ1) is 10.4. The normalized spacial score (nSPS) is 36.2. The lowest BCUT2D eigenvalue weighted by Crippen LogP contribution is -2.55. The maximum atomic E-state index is 12.7. The van der Waals surface area contributed by atoms with E-state index in [9.17, 15) is 18.0 Å². The molecule has 7 heteroatoms. The molecule has 0 aromatic carbocycles. The predicted molar refractivity (Wildman–Crippen MR) is 64.9 cm³/mol. The van der Waals surface area contributed by atoms with Crippen LogP contribution in [0.4, 0.5) is 18.0 Å². The van der Waals surface area contributed by atoms with Crippen LogP contribution in [-0.4, -0.2) is 59.8 Å². The third kappa shape index (κ3) is 4.56. The number of hydrogen-bond acceptors (Lipinski definition) is 3. The Balaban J connectivity index is 3.08. The Kier molecular flexibility index (Phi) is 2.88. The smallest absolute Gasteiger partial charge is 0.425 e. The summed E-state index contributed by atoms with van der Waals surface area (Å²) in [5, 5.41) is 0. The molecule has 0 spiro atoms. The Bertz CT molecular complexity index is 496. The largest absolute Gasteiger partial charge is 0.437 e. The highest BCUT2D eigenvalue weighted by Gasteiger charge is 2.40. The zero-order valence-corrected chi connectivity index (χ0v) is 11.2. The van der Waals surface area contributed by atoms with Gasteiger partial charge in [0, 0.05) is 34.4 Å². The summed E-state index contributed by atoms with van der Waals surface area (Å²) >= 11 is 0. The number of ether oxygens (including phenoxy) is 1. The number of carbonyl (C=O) groups excluding carboxylic acids is 1. The lowest BCUT2D eigenvalue weighted by atomic mass is 10.1. The van der Waals surface area contributed by atoms with Crippen molar-refractivity contribution in [2.75, 3.05) is 26.1 Å². The van der Waals surface area contributed by atoms with Gasteiger partial charge in [0.1, 0.15) is 0 Å². The third-order valence-electron chi connectivity index (χ3n) is 2.45. The number of piperazine rings is 1. The van der Waals surface area contributed by atoms with E-state index in [1.165, 1.54) is 4.90 Å².